The minimum absolute atomic E-state index is 0.00560. The van der Waals surface area contributed by atoms with Crippen LogP contribution in [0.1, 0.15) is 0 Å². The summed E-state index contributed by atoms with van der Waals surface area (Å²) in [6.45, 7) is 1.74. The molecule has 2 aromatic rings. The van der Waals surface area contributed by atoms with E-state index in [1.165, 1.54) is 16.3 Å². The lowest BCUT2D eigenvalue weighted by Gasteiger charge is -2.34. The minimum atomic E-state index is -3.58. The molecule has 0 aliphatic carbocycles. The molecule has 0 spiro atoms. The first-order chi connectivity index (χ1) is 13.8. The maximum Gasteiger partial charge on any atom is 0.243 e. The molecule has 1 aliphatic heterocycles. The maximum atomic E-state index is 13.0. The Morgan fingerprint density at radius 2 is 1.69 bits per heavy atom. The van der Waals surface area contributed by atoms with Crippen molar-refractivity contribution in [2.24, 2.45) is 0 Å². The van der Waals surface area contributed by atoms with Crippen LogP contribution in [0.2, 0.25) is 0 Å². The molecule has 9 heteroatoms. The van der Waals surface area contributed by atoms with E-state index in [9.17, 15) is 18.0 Å². The van der Waals surface area contributed by atoms with Gasteiger partial charge in [-0.15, -0.1) is 0 Å². The molecule has 0 bridgehead atoms. The second-order valence-corrected chi connectivity index (χ2v) is 9.05. The molecule has 0 saturated carbocycles. The first kappa shape index (κ1) is 21.2. The van der Waals surface area contributed by atoms with Crippen molar-refractivity contribution in [3.63, 3.8) is 0 Å². The summed E-state index contributed by atoms with van der Waals surface area (Å²) >= 11 is 0. The second kappa shape index (κ2) is 8.89. The van der Waals surface area contributed by atoms with Gasteiger partial charge in [-0.3, -0.25) is 14.5 Å². The van der Waals surface area contributed by atoms with Crippen molar-refractivity contribution in [3.05, 3.63) is 42.5 Å². The topological polar surface area (TPSA) is 90.0 Å². The molecule has 1 fully saturated rings. The molecule has 156 valence electrons. The number of hydrogen-bond acceptors (Lipinski definition) is 5. The molecule has 1 N–H and O–H groups in total. The summed E-state index contributed by atoms with van der Waals surface area (Å²) in [5.41, 5.74) is 0. The van der Waals surface area contributed by atoms with Gasteiger partial charge in [-0.05, 0) is 22.9 Å². The van der Waals surface area contributed by atoms with Crippen LogP contribution in [0, 0.1) is 0 Å². The Hall–Kier alpha value is -2.49. The van der Waals surface area contributed by atoms with Gasteiger partial charge in [0, 0.05) is 40.3 Å². The number of amides is 2. The maximum absolute atomic E-state index is 13.0. The third-order valence-corrected chi connectivity index (χ3v) is 7.03. The van der Waals surface area contributed by atoms with Crippen LogP contribution in [0.3, 0.4) is 0 Å². The molecule has 3 rings (SSSR count). The van der Waals surface area contributed by atoms with Gasteiger partial charge in [0.1, 0.15) is 0 Å². The fourth-order valence-corrected chi connectivity index (χ4v) is 4.76. The largest absolute Gasteiger partial charge is 0.358 e. The van der Waals surface area contributed by atoms with Gasteiger partial charge in [0.05, 0.1) is 18.0 Å². The third-order valence-electron chi connectivity index (χ3n) is 5.13. The van der Waals surface area contributed by atoms with Crippen LogP contribution in [-0.4, -0.2) is 87.7 Å². The molecule has 0 atom stereocenters. The van der Waals surface area contributed by atoms with E-state index in [2.05, 4.69) is 5.32 Å². The SMILES string of the molecule is CNC(=O)CN(C)C(=O)CN1CCN(S(=O)(=O)c2ccc3ccccc3c2)CC1. The zero-order valence-corrected chi connectivity index (χ0v) is 17.5. The number of carbonyl (C=O) groups excluding carboxylic acids is 2. The Balaban J connectivity index is 1.60. The van der Waals surface area contributed by atoms with E-state index in [0.717, 1.165) is 10.8 Å². The van der Waals surface area contributed by atoms with E-state index in [0.29, 0.717) is 26.2 Å². The van der Waals surface area contributed by atoms with Crippen LogP contribution in [-0.2, 0) is 19.6 Å². The van der Waals surface area contributed by atoms with Gasteiger partial charge in [-0.2, -0.15) is 4.31 Å². The second-order valence-electron chi connectivity index (χ2n) is 7.11. The first-order valence-corrected chi connectivity index (χ1v) is 10.9. The molecule has 8 nitrogen and oxygen atoms in total. The molecule has 1 heterocycles. The van der Waals surface area contributed by atoms with Crippen LogP contribution < -0.4 is 5.32 Å². The lowest BCUT2D eigenvalue weighted by molar-refractivity contribution is -0.135. The lowest BCUT2D eigenvalue weighted by Crippen LogP contribution is -2.51. The quantitative estimate of drug-likeness (QED) is 0.731. The van der Waals surface area contributed by atoms with Gasteiger partial charge in [-0.25, -0.2) is 8.42 Å². The summed E-state index contributed by atoms with van der Waals surface area (Å²) < 4.78 is 27.5. The molecule has 29 heavy (non-hydrogen) atoms. The molecule has 2 amide bonds. The Kier molecular flexibility index (Phi) is 6.51. The molecular weight excluding hydrogens is 392 g/mol. The Labute approximate surface area is 171 Å². The van der Waals surface area contributed by atoms with Gasteiger partial charge in [0.25, 0.3) is 0 Å². The highest BCUT2D eigenvalue weighted by Crippen LogP contribution is 2.22. The number of rotatable bonds is 6. The van der Waals surface area contributed by atoms with E-state index in [-0.39, 0.29) is 29.8 Å². The highest BCUT2D eigenvalue weighted by atomic mass is 32.2. The number of hydrogen-bond donors (Lipinski definition) is 1. The van der Waals surface area contributed by atoms with Crippen molar-refractivity contribution < 1.29 is 18.0 Å². The van der Waals surface area contributed by atoms with Crippen LogP contribution in [0.4, 0.5) is 0 Å². The summed E-state index contributed by atoms with van der Waals surface area (Å²) in [5, 5.41) is 4.37. The summed E-state index contributed by atoms with van der Waals surface area (Å²) in [5.74, 6) is -0.397. The molecule has 1 saturated heterocycles. The van der Waals surface area contributed by atoms with E-state index in [1.807, 2.05) is 35.2 Å². The van der Waals surface area contributed by atoms with E-state index in [1.54, 1.807) is 19.2 Å². The lowest BCUT2D eigenvalue weighted by atomic mass is 10.1. The summed E-state index contributed by atoms with van der Waals surface area (Å²) in [6, 6.07) is 12.8. The zero-order chi connectivity index (χ0) is 21.0. The van der Waals surface area contributed by atoms with Gasteiger partial charge in [-0.1, -0.05) is 30.3 Å². The summed E-state index contributed by atoms with van der Waals surface area (Å²) in [7, 11) is -0.478. The number of fused-ring (bicyclic) bond motifs is 1. The van der Waals surface area contributed by atoms with Crippen LogP contribution >= 0.6 is 0 Å². The predicted octanol–water partition coefficient (Wildman–Crippen LogP) is 0.351. The number of likely N-dealkylation sites (N-methyl/N-ethyl adjacent to an activating group) is 2. The minimum Gasteiger partial charge on any atom is -0.358 e. The average Bonchev–Trinajstić information content (AvgIpc) is 2.73. The van der Waals surface area contributed by atoms with Crippen molar-refractivity contribution in [1.29, 1.82) is 0 Å². The highest BCUT2D eigenvalue weighted by molar-refractivity contribution is 7.89. The van der Waals surface area contributed by atoms with Gasteiger partial charge in [0.2, 0.25) is 21.8 Å². The normalized spacial score (nSPS) is 15.9. The highest BCUT2D eigenvalue weighted by Gasteiger charge is 2.29. The fourth-order valence-electron chi connectivity index (χ4n) is 3.30. The smallest absolute Gasteiger partial charge is 0.243 e. The van der Waals surface area contributed by atoms with Crippen molar-refractivity contribution in [2.75, 3.05) is 53.4 Å². The number of sulfonamides is 1. The van der Waals surface area contributed by atoms with Gasteiger partial charge >= 0.3 is 0 Å². The Morgan fingerprint density at radius 1 is 1.03 bits per heavy atom. The Morgan fingerprint density at radius 3 is 2.34 bits per heavy atom. The van der Waals surface area contributed by atoms with Gasteiger partial charge < -0.3 is 10.2 Å². The zero-order valence-electron chi connectivity index (χ0n) is 16.7. The van der Waals surface area contributed by atoms with Gasteiger partial charge in [0.15, 0.2) is 0 Å². The van der Waals surface area contributed by atoms with Crippen LogP contribution in [0.15, 0.2) is 47.4 Å². The van der Waals surface area contributed by atoms with E-state index < -0.39 is 10.0 Å². The number of nitrogens with zero attached hydrogens (tertiary/aromatic N) is 3. The predicted molar refractivity (Wildman–Crippen MR) is 111 cm³/mol. The van der Waals surface area contributed by atoms with Crippen LogP contribution in [0.5, 0.6) is 0 Å². The number of nitrogens with one attached hydrogen (secondary N) is 1. The first-order valence-electron chi connectivity index (χ1n) is 9.47. The summed E-state index contributed by atoms with van der Waals surface area (Å²) in [6.07, 6.45) is 0. The molecule has 0 unspecified atom stereocenters. The molecule has 0 aromatic heterocycles. The van der Waals surface area contributed by atoms with Crippen molar-refractivity contribution >= 4 is 32.6 Å². The van der Waals surface area contributed by atoms with Crippen molar-refractivity contribution in [1.82, 2.24) is 19.4 Å². The van der Waals surface area contributed by atoms with E-state index in [4.69, 9.17) is 0 Å². The number of piperazine rings is 1. The number of benzene rings is 2. The standard InChI is InChI=1S/C20H26N4O4S/c1-21-19(25)14-22(2)20(26)15-23-9-11-24(12-10-23)29(27,28)18-8-7-16-5-3-4-6-17(16)13-18/h3-8,13H,9-12,14-15H2,1-2H3,(H,21,25). The molecule has 0 radical (unpaired) electrons. The van der Waals surface area contributed by atoms with E-state index >= 15 is 0 Å². The van der Waals surface area contributed by atoms with Crippen molar-refractivity contribution in [2.45, 2.75) is 4.90 Å². The van der Waals surface area contributed by atoms with Crippen molar-refractivity contribution in [3.8, 4) is 0 Å². The number of carbonyl (C=O) groups is 2. The molecule has 2 aromatic carbocycles. The average molecular weight is 419 g/mol. The summed E-state index contributed by atoms with van der Waals surface area (Å²) in [4.78, 5) is 27.2. The van der Waals surface area contributed by atoms with Crippen LogP contribution in [0.25, 0.3) is 10.8 Å². The third kappa shape index (κ3) is 4.92. The molecular formula is C20H26N4O4S. The fraction of sp³-hybridized carbons (Fsp3) is 0.400. The monoisotopic (exact) mass is 418 g/mol. The Bertz CT molecular complexity index is 1000. The molecule has 1 aliphatic rings.